The molecule has 4 rings (SSSR count). The van der Waals surface area contributed by atoms with E-state index < -0.39 is 83.9 Å². The Hall–Kier alpha value is -2.52. The van der Waals surface area contributed by atoms with Crippen LogP contribution in [0.25, 0.3) is 0 Å². The summed E-state index contributed by atoms with van der Waals surface area (Å²) in [5.74, 6) is -7.50. The molecule has 0 aromatic carbocycles. The fourth-order valence-electron chi connectivity index (χ4n) is 9.23. The van der Waals surface area contributed by atoms with Crippen LogP contribution in [0.1, 0.15) is 106 Å². The van der Waals surface area contributed by atoms with Crippen LogP contribution in [0.5, 0.6) is 0 Å². The summed E-state index contributed by atoms with van der Waals surface area (Å²) in [4.78, 5) is 57.2. The van der Waals surface area contributed by atoms with Gasteiger partial charge in [0, 0.05) is 52.0 Å². The molecule has 3 aliphatic heterocycles. The van der Waals surface area contributed by atoms with Crippen LogP contribution in [0, 0.1) is 29.6 Å². The van der Waals surface area contributed by atoms with E-state index in [1.807, 2.05) is 39.8 Å². The number of ether oxygens (including phenoxy) is 5. The number of carbonyl (C=O) groups is 4. The Kier molecular flexibility index (Phi) is 16.2. The molecule has 4 aliphatic rings. The number of ketones is 2. The number of hydrogen-bond acceptors (Lipinski definition) is 12. The normalized spacial score (nSPS) is 41.9. The number of rotatable bonds is 6. The molecule has 3 fully saturated rings. The molecular weight excluding hydrogens is 710 g/mol. The summed E-state index contributed by atoms with van der Waals surface area (Å²) in [5.41, 5.74) is 1.66. The van der Waals surface area contributed by atoms with Gasteiger partial charge in [0.05, 0.1) is 30.5 Å². The molecule has 0 aromatic heterocycles. The third-order valence-corrected chi connectivity index (χ3v) is 12.6. The van der Waals surface area contributed by atoms with Crippen molar-refractivity contribution < 1.29 is 58.2 Å². The van der Waals surface area contributed by atoms with Crippen molar-refractivity contribution in [1.82, 2.24) is 4.90 Å². The fraction of sp³-hybridized carbons (Fsp3) is 0.810. The molecule has 0 radical (unpaired) electrons. The second-order valence-corrected chi connectivity index (χ2v) is 16.8. The zero-order chi connectivity index (χ0) is 40.8. The highest BCUT2D eigenvalue weighted by atomic mass is 16.7. The molecular formula is C42H67NO12. The zero-order valence-electron chi connectivity index (χ0n) is 34.4. The first-order valence-electron chi connectivity index (χ1n) is 20.3. The molecule has 1 aliphatic carbocycles. The molecule has 3 N–H and O–H groups in total. The first-order valence-corrected chi connectivity index (χ1v) is 20.3. The van der Waals surface area contributed by atoms with Gasteiger partial charge < -0.3 is 43.9 Å². The number of nitrogens with zero attached hydrogens (tertiary/aromatic N) is 1. The van der Waals surface area contributed by atoms with Gasteiger partial charge in [0.15, 0.2) is 0 Å². The summed E-state index contributed by atoms with van der Waals surface area (Å²) in [7, 11) is 4.62. The molecule has 1 amide bonds. The largest absolute Gasteiger partial charge is 0.456 e. The smallest absolute Gasteiger partial charge is 0.329 e. The quantitative estimate of drug-likeness (QED) is 0.200. The highest BCUT2D eigenvalue weighted by Gasteiger charge is 2.57. The summed E-state index contributed by atoms with van der Waals surface area (Å²) < 4.78 is 29.6. The van der Waals surface area contributed by atoms with Crippen LogP contribution in [-0.4, -0.2) is 126 Å². The Labute approximate surface area is 327 Å². The number of Topliss-reactive ketones (excluding diaryl/α,β-unsaturated/α-hetero) is 2. The van der Waals surface area contributed by atoms with Crippen LogP contribution in [0.4, 0.5) is 0 Å². The Bertz CT molecular complexity index is 1410. The standard InChI is InChI=1S/C42H67NO12/c1-10-29-17-23(2)16-24(3)18-35(52-8)38-36(53-9)20-26(5)42(50,55-38)39(47)40(48)43-15-11-12-30(43)41(49)54-37(27(6)32(45)22-33(29)46)25(4)19-28-13-14-31(44)34(21-28)51-7/h17,19,24,26-32,34-38,44-45,50H,10-16,18,20-22H2,1-9H3/b23-17+,25-19+/t24-,26+,27+,28-,29+,30-,31+,32-,34+,35?,36-,37+,38+,42+/m0/s1. The minimum absolute atomic E-state index is 0.00258. The molecule has 0 aromatic rings. The van der Waals surface area contributed by atoms with Crippen molar-refractivity contribution >= 4 is 23.4 Å². The Balaban J connectivity index is 1.74. The zero-order valence-corrected chi connectivity index (χ0v) is 34.4. The van der Waals surface area contributed by atoms with Crippen LogP contribution >= 0.6 is 0 Å². The highest BCUT2D eigenvalue weighted by Crippen LogP contribution is 2.39. The predicted octanol–water partition coefficient (Wildman–Crippen LogP) is 4.08. The predicted molar refractivity (Wildman–Crippen MR) is 203 cm³/mol. The van der Waals surface area contributed by atoms with Gasteiger partial charge in [-0.2, -0.15) is 0 Å². The number of allylic oxidation sites excluding steroid dienone is 3. The fourth-order valence-corrected chi connectivity index (χ4v) is 9.23. The summed E-state index contributed by atoms with van der Waals surface area (Å²) in [5, 5.41) is 33.9. The summed E-state index contributed by atoms with van der Waals surface area (Å²) in [6.07, 6.45) is 3.01. The molecule has 55 heavy (non-hydrogen) atoms. The van der Waals surface area contributed by atoms with Gasteiger partial charge in [-0.3, -0.25) is 14.4 Å². The molecule has 13 nitrogen and oxygen atoms in total. The van der Waals surface area contributed by atoms with E-state index in [9.17, 15) is 34.5 Å². The topological polar surface area (TPSA) is 178 Å². The molecule has 14 atom stereocenters. The molecule has 2 saturated heterocycles. The average molecular weight is 778 g/mol. The van der Waals surface area contributed by atoms with E-state index in [2.05, 4.69) is 0 Å². The second-order valence-electron chi connectivity index (χ2n) is 16.8. The summed E-state index contributed by atoms with van der Waals surface area (Å²) >= 11 is 0. The molecule has 1 unspecified atom stereocenters. The van der Waals surface area contributed by atoms with Crippen molar-refractivity contribution in [1.29, 1.82) is 0 Å². The van der Waals surface area contributed by atoms with Gasteiger partial charge in [-0.15, -0.1) is 0 Å². The van der Waals surface area contributed by atoms with Crippen molar-refractivity contribution in [2.24, 2.45) is 29.6 Å². The van der Waals surface area contributed by atoms with Gasteiger partial charge in [0.1, 0.15) is 24.0 Å². The summed E-state index contributed by atoms with van der Waals surface area (Å²) in [6.45, 7) is 11.2. The third kappa shape index (κ3) is 10.5. The third-order valence-electron chi connectivity index (χ3n) is 12.6. The number of hydrogen-bond donors (Lipinski definition) is 3. The maximum Gasteiger partial charge on any atom is 0.329 e. The molecule has 3 heterocycles. The SMILES string of the molecule is CC[C@@H]1/C=C(\C)C[C@H](C)CC(OC)[C@H]2O[C@@](O)(C(=O)C(=O)N3CCC[C@H]3C(=O)O[C@H](/C(C)=C/[C@@H]3CC[C@@H](O)[C@H](OC)C3)[C@H](C)[C@@H](O)CC1=O)[C@H](C)C[C@@H]2OC. The van der Waals surface area contributed by atoms with Gasteiger partial charge in [-0.25, -0.2) is 4.79 Å². The lowest BCUT2D eigenvalue weighted by molar-refractivity contribution is -0.302. The van der Waals surface area contributed by atoms with Crippen molar-refractivity contribution in [3.63, 3.8) is 0 Å². The first kappa shape index (κ1) is 45.2. The summed E-state index contributed by atoms with van der Waals surface area (Å²) in [6, 6.07) is -1.12. The minimum Gasteiger partial charge on any atom is -0.456 e. The van der Waals surface area contributed by atoms with Gasteiger partial charge in [-0.05, 0) is 89.0 Å². The molecule has 2 bridgehead atoms. The lowest BCUT2D eigenvalue weighted by Crippen LogP contribution is -2.63. The second kappa shape index (κ2) is 19.8. The van der Waals surface area contributed by atoms with Gasteiger partial charge in [0.2, 0.25) is 5.79 Å². The van der Waals surface area contributed by atoms with E-state index in [0.29, 0.717) is 50.5 Å². The maximum atomic E-state index is 14.1. The number of aliphatic hydroxyl groups excluding tert-OH is 2. The van der Waals surface area contributed by atoms with E-state index in [-0.39, 0.29) is 49.5 Å². The van der Waals surface area contributed by atoms with Crippen LogP contribution < -0.4 is 0 Å². The van der Waals surface area contributed by atoms with E-state index >= 15 is 0 Å². The minimum atomic E-state index is -2.49. The molecule has 312 valence electrons. The van der Waals surface area contributed by atoms with E-state index in [1.54, 1.807) is 21.0 Å². The van der Waals surface area contributed by atoms with Crippen molar-refractivity contribution in [2.75, 3.05) is 27.9 Å². The number of fused-ring (bicyclic) bond motifs is 3. The van der Waals surface area contributed by atoms with E-state index in [1.165, 1.54) is 14.2 Å². The Morgan fingerprint density at radius 3 is 2.22 bits per heavy atom. The first-order chi connectivity index (χ1) is 26.0. The number of esters is 1. The maximum absolute atomic E-state index is 14.1. The number of cyclic esters (lactones) is 1. The number of amides is 1. The number of methoxy groups -OCH3 is 3. The van der Waals surface area contributed by atoms with E-state index in [0.717, 1.165) is 10.5 Å². The molecule has 13 heteroatoms. The molecule has 0 spiro atoms. The Morgan fingerprint density at radius 2 is 1.58 bits per heavy atom. The number of carbonyl (C=O) groups excluding carboxylic acids is 4. The van der Waals surface area contributed by atoms with Crippen LogP contribution in [-0.2, 0) is 42.9 Å². The van der Waals surface area contributed by atoms with Crippen LogP contribution in [0.3, 0.4) is 0 Å². The van der Waals surface area contributed by atoms with Crippen molar-refractivity contribution in [2.45, 2.75) is 160 Å². The van der Waals surface area contributed by atoms with Gasteiger partial charge >= 0.3 is 5.97 Å². The van der Waals surface area contributed by atoms with E-state index in [4.69, 9.17) is 23.7 Å². The monoisotopic (exact) mass is 777 g/mol. The lowest BCUT2D eigenvalue weighted by Gasteiger charge is -2.46. The number of aliphatic hydroxyl groups is 3. The van der Waals surface area contributed by atoms with Crippen LogP contribution in [0.2, 0.25) is 0 Å². The van der Waals surface area contributed by atoms with Crippen molar-refractivity contribution in [3.05, 3.63) is 23.3 Å². The highest BCUT2D eigenvalue weighted by molar-refractivity contribution is 6.39. The Morgan fingerprint density at radius 1 is 0.927 bits per heavy atom. The van der Waals surface area contributed by atoms with Gasteiger partial charge in [0.25, 0.3) is 11.7 Å². The van der Waals surface area contributed by atoms with Crippen LogP contribution in [0.15, 0.2) is 23.3 Å². The molecule has 1 saturated carbocycles. The lowest BCUT2D eigenvalue weighted by atomic mass is 9.81. The van der Waals surface area contributed by atoms with Crippen molar-refractivity contribution in [3.8, 4) is 0 Å². The van der Waals surface area contributed by atoms with Gasteiger partial charge in [-0.1, -0.05) is 45.4 Å². The average Bonchev–Trinajstić information content (AvgIpc) is 3.65.